The molecule has 0 aliphatic carbocycles. The molecule has 2 fully saturated rings. The minimum Gasteiger partial charge on any atom is -0.379 e. The average Bonchev–Trinajstić information content (AvgIpc) is 2.57. The van der Waals surface area contributed by atoms with Crippen LogP contribution < -0.4 is 0 Å². The molecule has 0 amide bonds. The third kappa shape index (κ3) is 8.84. The molecular weight excluding hydrogens is 308 g/mol. The van der Waals surface area contributed by atoms with E-state index >= 15 is 0 Å². The Morgan fingerprint density at radius 2 is 1.68 bits per heavy atom. The second-order valence-corrected chi connectivity index (χ2v) is 7.53. The summed E-state index contributed by atoms with van der Waals surface area (Å²) in [6, 6.07) is 8.73. The fourth-order valence-electron chi connectivity index (χ4n) is 3.30. The number of likely N-dealkylation sites (N-methyl/N-ethyl adjacent to an activating group) is 1. The molecule has 0 spiro atoms. The van der Waals surface area contributed by atoms with E-state index in [0.29, 0.717) is 0 Å². The molecule has 0 saturated carbocycles. The largest absolute Gasteiger partial charge is 0.379 e. The van der Waals surface area contributed by atoms with Crippen molar-refractivity contribution < 1.29 is 4.74 Å². The standard InChI is InChI=1S/C15H23N.C5H11NO.C2H6/c1-12(2)8-14-9-16(10-14)11-15-7-5-4-6-13(15)3;1-6-2-4-7-5-3-6;1-2/h4-7,12,14H,8-11H2,1-3H3;2-5H2,1H3;1-2H3. The van der Waals surface area contributed by atoms with E-state index in [-0.39, 0.29) is 0 Å². The van der Waals surface area contributed by atoms with Crippen molar-refractivity contribution in [1.29, 1.82) is 0 Å². The van der Waals surface area contributed by atoms with Gasteiger partial charge in [0.2, 0.25) is 0 Å². The van der Waals surface area contributed by atoms with Crippen molar-refractivity contribution in [1.82, 2.24) is 9.80 Å². The molecule has 0 unspecified atom stereocenters. The summed E-state index contributed by atoms with van der Waals surface area (Å²) >= 11 is 0. The molecule has 25 heavy (non-hydrogen) atoms. The van der Waals surface area contributed by atoms with Gasteiger partial charge >= 0.3 is 0 Å². The predicted molar refractivity (Wildman–Crippen MR) is 109 cm³/mol. The number of benzene rings is 1. The smallest absolute Gasteiger partial charge is 0.0594 e. The van der Waals surface area contributed by atoms with Crippen LogP contribution in [0, 0.1) is 18.8 Å². The molecule has 3 nitrogen and oxygen atoms in total. The maximum absolute atomic E-state index is 5.10. The van der Waals surface area contributed by atoms with E-state index < -0.39 is 0 Å². The van der Waals surface area contributed by atoms with Crippen LogP contribution in [0.3, 0.4) is 0 Å². The highest BCUT2D eigenvalue weighted by Crippen LogP contribution is 2.25. The summed E-state index contributed by atoms with van der Waals surface area (Å²) in [5.74, 6) is 1.80. The Morgan fingerprint density at radius 1 is 1.08 bits per heavy atom. The zero-order valence-electron chi connectivity index (χ0n) is 17.4. The first-order chi connectivity index (χ1) is 12.0. The maximum Gasteiger partial charge on any atom is 0.0594 e. The molecule has 0 radical (unpaired) electrons. The lowest BCUT2D eigenvalue weighted by molar-refractivity contribution is 0.0503. The summed E-state index contributed by atoms with van der Waals surface area (Å²) in [6.07, 6.45) is 1.39. The summed E-state index contributed by atoms with van der Waals surface area (Å²) in [5.41, 5.74) is 2.92. The molecule has 2 saturated heterocycles. The third-order valence-corrected chi connectivity index (χ3v) is 4.73. The fraction of sp³-hybridized carbons (Fsp3) is 0.727. The Hall–Kier alpha value is -0.900. The highest BCUT2D eigenvalue weighted by atomic mass is 16.5. The number of morpholine rings is 1. The van der Waals surface area contributed by atoms with Gasteiger partial charge in [0, 0.05) is 32.7 Å². The van der Waals surface area contributed by atoms with E-state index in [9.17, 15) is 0 Å². The van der Waals surface area contributed by atoms with Gasteiger partial charge in [-0.05, 0) is 43.4 Å². The normalized spacial score (nSPS) is 18.7. The molecule has 0 N–H and O–H groups in total. The number of nitrogens with zero attached hydrogens (tertiary/aromatic N) is 2. The highest BCUT2D eigenvalue weighted by molar-refractivity contribution is 5.25. The van der Waals surface area contributed by atoms with Gasteiger partial charge in [0.15, 0.2) is 0 Å². The van der Waals surface area contributed by atoms with Gasteiger partial charge < -0.3 is 9.64 Å². The van der Waals surface area contributed by atoms with Gasteiger partial charge in [-0.1, -0.05) is 52.0 Å². The first-order valence-electron chi connectivity index (χ1n) is 10.1. The third-order valence-electron chi connectivity index (χ3n) is 4.73. The van der Waals surface area contributed by atoms with Gasteiger partial charge in [0.05, 0.1) is 13.2 Å². The number of aryl methyl sites for hydroxylation is 1. The fourth-order valence-corrected chi connectivity index (χ4v) is 3.30. The minimum atomic E-state index is 0.852. The zero-order valence-corrected chi connectivity index (χ0v) is 17.4. The molecule has 2 heterocycles. The lowest BCUT2D eigenvalue weighted by atomic mass is 9.90. The van der Waals surface area contributed by atoms with Crippen molar-refractivity contribution >= 4 is 0 Å². The van der Waals surface area contributed by atoms with Crippen LogP contribution >= 0.6 is 0 Å². The summed E-state index contributed by atoms with van der Waals surface area (Å²) in [5, 5.41) is 0. The minimum absolute atomic E-state index is 0.852. The van der Waals surface area contributed by atoms with E-state index in [1.807, 2.05) is 13.8 Å². The van der Waals surface area contributed by atoms with Crippen LogP contribution in [0.15, 0.2) is 24.3 Å². The highest BCUT2D eigenvalue weighted by Gasteiger charge is 2.26. The van der Waals surface area contributed by atoms with Crippen molar-refractivity contribution in [3.8, 4) is 0 Å². The lowest BCUT2D eigenvalue weighted by Crippen LogP contribution is -2.46. The van der Waals surface area contributed by atoms with Crippen molar-refractivity contribution in [2.75, 3.05) is 46.4 Å². The van der Waals surface area contributed by atoms with E-state index in [1.165, 1.54) is 30.6 Å². The van der Waals surface area contributed by atoms with Gasteiger partial charge in [-0.15, -0.1) is 0 Å². The summed E-state index contributed by atoms with van der Waals surface area (Å²) in [6.45, 7) is 18.6. The molecule has 144 valence electrons. The van der Waals surface area contributed by atoms with E-state index in [0.717, 1.165) is 44.7 Å². The van der Waals surface area contributed by atoms with Gasteiger partial charge in [-0.2, -0.15) is 0 Å². The maximum atomic E-state index is 5.10. The van der Waals surface area contributed by atoms with Crippen LogP contribution in [0.2, 0.25) is 0 Å². The van der Waals surface area contributed by atoms with Crippen LogP contribution in [0.4, 0.5) is 0 Å². The Morgan fingerprint density at radius 3 is 2.16 bits per heavy atom. The second kappa shape index (κ2) is 12.5. The molecule has 0 aromatic heterocycles. The van der Waals surface area contributed by atoms with Crippen molar-refractivity contribution in [2.24, 2.45) is 11.8 Å². The molecule has 0 bridgehead atoms. The van der Waals surface area contributed by atoms with Crippen molar-refractivity contribution in [2.45, 2.75) is 47.6 Å². The molecule has 0 atom stereocenters. The average molecular weight is 349 g/mol. The number of rotatable bonds is 4. The van der Waals surface area contributed by atoms with Gasteiger partial charge in [-0.25, -0.2) is 0 Å². The summed E-state index contributed by atoms with van der Waals surface area (Å²) in [4.78, 5) is 4.83. The Labute approximate surface area is 156 Å². The Balaban J connectivity index is 0.000000290. The van der Waals surface area contributed by atoms with E-state index in [1.54, 1.807) is 0 Å². The van der Waals surface area contributed by atoms with Crippen LogP contribution in [0.1, 0.15) is 45.2 Å². The zero-order chi connectivity index (χ0) is 18.7. The van der Waals surface area contributed by atoms with Gasteiger partial charge in [0.25, 0.3) is 0 Å². The number of hydrogen-bond acceptors (Lipinski definition) is 3. The van der Waals surface area contributed by atoms with Crippen LogP contribution in [0.25, 0.3) is 0 Å². The van der Waals surface area contributed by atoms with Gasteiger partial charge in [-0.3, -0.25) is 4.90 Å². The van der Waals surface area contributed by atoms with Crippen molar-refractivity contribution in [3.05, 3.63) is 35.4 Å². The topological polar surface area (TPSA) is 15.7 Å². The van der Waals surface area contributed by atoms with Crippen LogP contribution in [-0.4, -0.2) is 56.2 Å². The van der Waals surface area contributed by atoms with Crippen LogP contribution in [-0.2, 0) is 11.3 Å². The summed E-state index contributed by atoms with van der Waals surface area (Å²) in [7, 11) is 2.11. The second-order valence-electron chi connectivity index (χ2n) is 7.53. The van der Waals surface area contributed by atoms with Crippen LogP contribution in [0.5, 0.6) is 0 Å². The SMILES string of the molecule is CC.CN1CCOCC1.Cc1ccccc1CN1CC(CC(C)C)C1. The molecule has 1 aromatic rings. The number of ether oxygens (including phenoxy) is 1. The molecule has 3 heteroatoms. The Bertz CT molecular complexity index is 449. The first-order valence-corrected chi connectivity index (χ1v) is 10.1. The number of hydrogen-bond donors (Lipinski definition) is 0. The molecule has 3 rings (SSSR count). The van der Waals surface area contributed by atoms with E-state index in [4.69, 9.17) is 4.74 Å². The first kappa shape index (κ1) is 22.1. The van der Waals surface area contributed by atoms with Crippen molar-refractivity contribution in [3.63, 3.8) is 0 Å². The summed E-state index contributed by atoms with van der Waals surface area (Å²) < 4.78 is 5.10. The van der Waals surface area contributed by atoms with E-state index in [2.05, 4.69) is 61.9 Å². The number of likely N-dealkylation sites (tertiary alicyclic amines) is 1. The Kier molecular flexibility index (Phi) is 11.0. The molecular formula is C22H40N2O. The van der Waals surface area contributed by atoms with Gasteiger partial charge in [0.1, 0.15) is 0 Å². The predicted octanol–water partition coefficient (Wildman–Crippen LogP) is 4.45. The molecule has 2 aliphatic heterocycles. The monoisotopic (exact) mass is 348 g/mol. The molecule has 1 aromatic carbocycles. The quantitative estimate of drug-likeness (QED) is 0.799. The lowest BCUT2D eigenvalue weighted by Gasteiger charge is -2.40. The molecule has 2 aliphatic rings.